The lowest BCUT2D eigenvalue weighted by Crippen LogP contribution is -2.25. The van der Waals surface area contributed by atoms with Crippen molar-refractivity contribution < 1.29 is 4.57 Å². The normalized spacial score (nSPS) is 12.1. The highest BCUT2D eigenvalue weighted by molar-refractivity contribution is 7.85. The molecular weight excluding hydrogens is 569 g/mol. The zero-order valence-corrected chi connectivity index (χ0v) is 25.1. The third kappa shape index (κ3) is 3.90. The van der Waals surface area contributed by atoms with Crippen LogP contribution in [0, 0.1) is 0 Å². The number of rotatable bonds is 4. The lowest BCUT2D eigenvalue weighted by molar-refractivity contribution is 0.592. The van der Waals surface area contributed by atoms with Crippen LogP contribution >= 0.6 is 7.14 Å². The summed E-state index contributed by atoms with van der Waals surface area (Å²) in [5, 5.41) is 7.91. The van der Waals surface area contributed by atoms with Crippen molar-refractivity contribution in [3.05, 3.63) is 158 Å². The minimum atomic E-state index is -3.18. The van der Waals surface area contributed by atoms with Crippen molar-refractivity contribution in [3.63, 3.8) is 0 Å². The molecule has 0 saturated carbocycles. The van der Waals surface area contributed by atoms with Crippen molar-refractivity contribution >= 4 is 72.2 Å². The van der Waals surface area contributed by atoms with Gasteiger partial charge in [-0.1, -0.05) is 103 Å². The van der Waals surface area contributed by atoms with Crippen LogP contribution in [0.25, 0.3) is 60.3 Å². The number of aromatic nitrogens is 3. The summed E-state index contributed by atoms with van der Waals surface area (Å²) in [4.78, 5) is 9.57. The molecule has 0 spiro atoms. The van der Waals surface area contributed by atoms with Gasteiger partial charge in [-0.25, -0.2) is 4.98 Å². The van der Waals surface area contributed by atoms with E-state index in [-0.39, 0.29) is 0 Å². The van der Waals surface area contributed by atoms with E-state index in [0.717, 1.165) is 76.2 Å². The van der Waals surface area contributed by atoms with Gasteiger partial charge in [0.2, 0.25) is 0 Å². The first kappa shape index (κ1) is 25.9. The molecule has 0 radical (unpaired) electrons. The maximum Gasteiger partial charge on any atom is 0.171 e. The quantitative estimate of drug-likeness (QED) is 0.151. The second-order valence-corrected chi connectivity index (χ2v) is 14.2. The van der Waals surface area contributed by atoms with Gasteiger partial charge in [0.15, 0.2) is 7.14 Å². The second-order valence-electron chi connectivity index (χ2n) is 11.4. The van der Waals surface area contributed by atoms with Crippen LogP contribution in [0.1, 0.15) is 0 Å². The van der Waals surface area contributed by atoms with Gasteiger partial charge in [-0.05, 0) is 64.2 Å². The molecule has 0 bridgehead atoms. The summed E-state index contributed by atoms with van der Waals surface area (Å²) in [5.41, 5.74) is 6.09. The largest absolute Gasteiger partial charge is 0.309 e. The van der Waals surface area contributed by atoms with Crippen LogP contribution in [0.3, 0.4) is 0 Å². The number of para-hydroxylation sites is 2. The van der Waals surface area contributed by atoms with E-state index in [4.69, 9.17) is 4.98 Å². The highest BCUT2D eigenvalue weighted by Crippen LogP contribution is 2.44. The number of benzene rings is 6. The molecule has 0 unspecified atom stereocenters. The minimum absolute atomic E-state index is 0.807. The Morgan fingerprint density at radius 2 is 1.27 bits per heavy atom. The van der Waals surface area contributed by atoms with E-state index in [0.29, 0.717) is 0 Å². The molecule has 0 amide bonds. The molecule has 4 nitrogen and oxygen atoms in total. The number of imidazole rings is 1. The molecule has 45 heavy (non-hydrogen) atoms. The van der Waals surface area contributed by atoms with Crippen LogP contribution in [0.4, 0.5) is 0 Å². The van der Waals surface area contributed by atoms with Crippen LogP contribution in [0.5, 0.6) is 0 Å². The number of hydrogen-bond donors (Lipinski definition) is 0. The molecule has 9 rings (SSSR count). The van der Waals surface area contributed by atoms with Crippen molar-refractivity contribution in [1.82, 2.24) is 14.4 Å². The molecule has 0 atom stereocenters. The average Bonchev–Trinajstić information content (AvgIpc) is 3.51. The Labute approximate surface area is 259 Å². The molecule has 6 aromatic carbocycles. The fraction of sp³-hybridized carbons (Fsp3) is 0. The Morgan fingerprint density at radius 3 is 2.02 bits per heavy atom. The van der Waals surface area contributed by atoms with Gasteiger partial charge in [0.25, 0.3) is 0 Å². The van der Waals surface area contributed by atoms with Gasteiger partial charge < -0.3 is 4.57 Å². The van der Waals surface area contributed by atoms with Gasteiger partial charge in [-0.2, -0.15) is 0 Å². The monoisotopic (exact) mass is 595 g/mol. The number of hydrogen-bond acceptors (Lipinski definition) is 3. The van der Waals surface area contributed by atoms with Gasteiger partial charge in [0.05, 0.1) is 16.6 Å². The summed E-state index contributed by atoms with van der Waals surface area (Å²) in [5.74, 6) is 0. The Hall–Kier alpha value is -5.57. The highest BCUT2D eigenvalue weighted by atomic mass is 31.2. The van der Waals surface area contributed by atoms with E-state index in [2.05, 4.69) is 76.1 Å². The number of pyridine rings is 2. The Balaban J connectivity index is 1.44. The first-order valence-corrected chi connectivity index (χ1v) is 16.7. The minimum Gasteiger partial charge on any atom is -0.309 e. The molecule has 0 saturated heterocycles. The maximum atomic E-state index is 15.4. The molecule has 212 valence electrons. The molecule has 0 fully saturated rings. The predicted octanol–water partition coefficient (Wildman–Crippen LogP) is 8.65. The Bertz CT molecular complexity index is 2570. The zero-order chi connectivity index (χ0) is 30.0. The van der Waals surface area contributed by atoms with Crippen LogP contribution < -0.4 is 15.9 Å². The van der Waals surface area contributed by atoms with Crippen LogP contribution in [0.15, 0.2) is 158 Å². The molecule has 3 aromatic heterocycles. The Kier molecular flexibility index (Phi) is 5.74. The summed E-state index contributed by atoms with van der Waals surface area (Å²) in [6, 6.07) is 49.4. The van der Waals surface area contributed by atoms with E-state index in [1.54, 1.807) is 6.20 Å². The van der Waals surface area contributed by atoms with E-state index in [9.17, 15) is 0 Å². The summed E-state index contributed by atoms with van der Waals surface area (Å²) in [6.07, 6.45) is 3.70. The van der Waals surface area contributed by atoms with E-state index in [1.165, 1.54) is 0 Å². The van der Waals surface area contributed by atoms with Gasteiger partial charge in [-0.15, -0.1) is 0 Å². The molecule has 0 N–H and O–H groups in total. The highest BCUT2D eigenvalue weighted by Gasteiger charge is 2.30. The molecule has 0 aliphatic heterocycles. The molecular formula is C40H26N3OP. The molecule has 3 heterocycles. The summed E-state index contributed by atoms with van der Waals surface area (Å²) in [6.45, 7) is 0. The average molecular weight is 596 g/mol. The Morgan fingerprint density at radius 1 is 0.533 bits per heavy atom. The van der Waals surface area contributed by atoms with Crippen molar-refractivity contribution in [1.29, 1.82) is 0 Å². The third-order valence-corrected chi connectivity index (χ3v) is 12.0. The molecule has 0 aliphatic rings. The second kappa shape index (κ2) is 9.99. The van der Waals surface area contributed by atoms with E-state index >= 15 is 4.57 Å². The lowest BCUT2D eigenvalue weighted by Gasteiger charge is -2.21. The van der Waals surface area contributed by atoms with Gasteiger partial charge in [-0.3, -0.25) is 9.38 Å². The SMILES string of the molecule is O=P(c1ccccc1)(c1ccccc1)c1ccc2c(c1)c1ccc3ccc(-c4cccnc4)cc3c1c1nc3ccccc3n21. The van der Waals surface area contributed by atoms with Crippen LogP contribution in [-0.4, -0.2) is 14.4 Å². The number of nitrogens with zero attached hydrogens (tertiary/aromatic N) is 3. The predicted molar refractivity (Wildman–Crippen MR) is 188 cm³/mol. The van der Waals surface area contributed by atoms with E-state index in [1.807, 2.05) is 85.1 Å². The summed E-state index contributed by atoms with van der Waals surface area (Å²) >= 11 is 0. The van der Waals surface area contributed by atoms with E-state index < -0.39 is 7.14 Å². The summed E-state index contributed by atoms with van der Waals surface area (Å²) < 4.78 is 17.7. The van der Waals surface area contributed by atoms with Crippen molar-refractivity contribution in [2.75, 3.05) is 0 Å². The lowest BCUT2D eigenvalue weighted by atomic mass is 9.96. The first-order chi connectivity index (χ1) is 22.2. The van der Waals surface area contributed by atoms with Gasteiger partial charge in [0, 0.05) is 44.6 Å². The van der Waals surface area contributed by atoms with Crippen LogP contribution in [-0.2, 0) is 4.57 Å². The van der Waals surface area contributed by atoms with Gasteiger partial charge >= 0.3 is 0 Å². The molecule has 9 aromatic rings. The van der Waals surface area contributed by atoms with Crippen molar-refractivity contribution in [3.8, 4) is 11.1 Å². The fourth-order valence-corrected chi connectivity index (χ4v) is 9.46. The van der Waals surface area contributed by atoms with Crippen LogP contribution in [0.2, 0.25) is 0 Å². The molecule has 5 heteroatoms. The van der Waals surface area contributed by atoms with Gasteiger partial charge in [0.1, 0.15) is 5.65 Å². The standard InChI is InChI=1S/C40H26N3OP/c44-45(30-11-3-1-4-12-30,31-13-5-2-6-14-31)32-20-22-37-35(25-32)33-21-19-27-17-18-28(29-10-9-23-41-26-29)24-34(27)39(33)40-42-36-15-7-8-16-38(36)43(37)40/h1-26H. The van der Waals surface area contributed by atoms with Crippen molar-refractivity contribution in [2.45, 2.75) is 0 Å². The maximum absolute atomic E-state index is 15.4. The fourth-order valence-electron chi connectivity index (χ4n) is 6.79. The van der Waals surface area contributed by atoms with Crippen molar-refractivity contribution in [2.24, 2.45) is 0 Å². The smallest absolute Gasteiger partial charge is 0.171 e. The number of fused-ring (bicyclic) bond motifs is 10. The third-order valence-electron chi connectivity index (χ3n) is 8.92. The topological polar surface area (TPSA) is 47.3 Å². The zero-order valence-electron chi connectivity index (χ0n) is 24.2. The molecule has 0 aliphatic carbocycles. The first-order valence-electron chi connectivity index (χ1n) is 15.0. The summed E-state index contributed by atoms with van der Waals surface area (Å²) in [7, 11) is -3.18.